The highest BCUT2D eigenvalue weighted by Gasteiger charge is 2.16. The number of aromatic nitrogens is 1. The molecule has 0 spiro atoms. The summed E-state index contributed by atoms with van der Waals surface area (Å²) in [6.45, 7) is 4.06. The van der Waals surface area contributed by atoms with Gasteiger partial charge < -0.3 is 10.6 Å². The van der Waals surface area contributed by atoms with Gasteiger partial charge in [-0.3, -0.25) is 4.79 Å². The van der Waals surface area contributed by atoms with Gasteiger partial charge in [-0.1, -0.05) is 0 Å². The van der Waals surface area contributed by atoms with Crippen molar-refractivity contribution in [1.82, 2.24) is 10.3 Å². The number of nitrogens with zero attached hydrogens (tertiary/aromatic N) is 1. The predicted molar refractivity (Wildman–Crippen MR) is 97.7 cm³/mol. The summed E-state index contributed by atoms with van der Waals surface area (Å²) in [5.74, 6) is 0.642. The van der Waals surface area contributed by atoms with Gasteiger partial charge in [-0.15, -0.1) is 36.2 Å². The quantitative estimate of drug-likeness (QED) is 0.874. The van der Waals surface area contributed by atoms with Crippen molar-refractivity contribution in [1.29, 1.82) is 0 Å². The molecule has 0 unspecified atom stereocenters. The molecule has 2 aromatic rings. The van der Waals surface area contributed by atoms with Gasteiger partial charge in [-0.2, -0.15) is 0 Å². The largest absolute Gasteiger partial charge is 0.326 e. The average molecular weight is 362 g/mol. The molecule has 122 valence electrons. The van der Waals surface area contributed by atoms with Crippen molar-refractivity contribution < 1.29 is 4.79 Å². The molecule has 22 heavy (non-hydrogen) atoms. The van der Waals surface area contributed by atoms with Crippen molar-refractivity contribution >= 4 is 58.0 Å². The highest BCUT2D eigenvalue weighted by Crippen LogP contribution is 2.25. The zero-order chi connectivity index (χ0) is 13.9. The lowest BCUT2D eigenvalue weighted by atomic mass is 9.94. The monoisotopic (exact) mass is 361 g/mol. The van der Waals surface area contributed by atoms with Crippen LogP contribution in [0.4, 0.5) is 5.69 Å². The van der Waals surface area contributed by atoms with Gasteiger partial charge in [0, 0.05) is 12.1 Å². The van der Waals surface area contributed by atoms with Gasteiger partial charge in [-0.05, 0) is 57.0 Å². The summed E-state index contributed by atoms with van der Waals surface area (Å²) < 4.78 is 1.13. The second-order valence-electron chi connectivity index (χ2n) is 5.36. The smallest absolute Gasteiger partial charge is 0.224 e. The molecule has 0 atom stereocenters. The maximum Gasteiger partial charge on any atom is 0.224 e. The number of rotatable bonds is 3. The molecule has 1 aromatic heterocycles. The van der Waals surface area contributed by atoms with Crippen molar-refractivity contribution in [2.24, 2.45) is 5.92 Å². The normalized spacial score (nSPS) is 15.0. The lowest BCUT2D eigenvalue weighted by Crippen LogP contribution is -2.30. The Morgan fingerprint density at radius 2 is 2.09 bits per heavy atom. The number of aryl methyl sites for hydroxylation is 1. The van der Waals surface area contributed by atoms with Crippen LogP contribution in [0, 0.1) is 12.8 Å². The van der Waals surface area contributed by atoms with E-state index in [1.165, 1.54) is 0 Å². The fraction of sp³-hybridized carbons (Fsp3) is 0.467. The predicted octanol–water partition coefficient (Wildman–Crippen LogP) is 3.78. The zero-order valence-corrected chi connectivity index (χ0v) is 14.9. The third-order valence-corrected chi connectivity index (χ3v) is 4.65. The summed E-state index contributed by atoms with van der Waals surface area (Å²) >= 11 is 1.66. The van der Waals surface area contributed by atoms with Crippen molar-refractivity contribution in [2.75, 3.05) is 18.4 Å². The minimum atomic E-state index is 0. The average Bonchev–Trinajstić information content (AvgIpc) is 2.79. The molecule has 0 saturated carbocycles. The SMILES string of the molecule is Cc1nc2ccc(NC(=O)CC3CCNCC3)cc2s1.Cl.Cl. The number of carbonyl (C=O) groups is 1. The summed E-state index contributed by atoms with van der Waals surface area (Å²) in [7, 11) is 0. The molecule has 2 heterocycles. The molecule has 0 radical (unpaired) electrons. The minimum Gasteiger partial charge on any atom is -0.326 e. The number of amides is 1. The van der Waals surface area contributed by atoms with Gasteiger partial charge in [0.1, 0.15) is 0 Å². The molecule has 1 amide bonds. The van der Waals surface area contributed by atoms with Crippen LogP contribution in [0.25, 0.3) is 10.2 Å². The molecule has 1 aromatic carbocycles. The summed E-state index contributed by atoms with van der Waals surface area (Å²) in [5, 5.41) is 7.39. The molecule has 3 rings (SSSR count). The number of fused-ring (bicyclic) bond motifs is 1. The first-order valence-electron chi connectivity index (χ1n) is 7.08. The van der Waals surface area contributed by atoms with E-state index in [1.54, 1.807) is 11.3 Å². The topological polar surface area (TPSA) is 54.0 Å². The lowest BCUT2D eigenvalue weighted by Gasteiger charge is -2.21. The van der Waals surface area contributed by atoms with Crippen LogP contribution in [0.3, 0.4) is 0 Å². The van der Waals surface area contributed by atoms with Gasteiger partial charge in [0.25, 0.3) is 0 Å². The van der Waals surface area contributed by atoms with Crippen molar-refractivity contribution in [3.05, 3.63) is 23.2 Å². The third kappa shape index (κ3) is 4.81. The number of carbonyl (C=O) groups excluding carboxylic acids is 1. The molecular weight excluding hydrogens is 341 g/mol. The van der Waals surface area contributed by atoms with Gasteiger partial charge in [0.05, 0.1) is 15.2 Å². The van der Waals surface area contributed by atoms with E-state index in [0.29, 0.717) is 12.3 Å². The van der Waals surface area contributed by atoms with Crippen LogP contribution >= 0.6 is 36.2 Å². The van der Waals surface area contributed by atoms with Gasteiger partial charge in [0.2, 0.25) is 5.91 Å². The Labute approximate surface area is 146 Å². The Kier molecular flexibility index (Phi) is 7.56. The summed E-state index contributed by atoms with van der Waals surface area (Å²) in [6.07, 6.45) is 2.82. The standard InChI is InChI=1S/C15H19N3OS.2ClH/c1-10-17-13-3-2-12(9-14(13)20-10)18-15(19)8-11-4-6-16-7-5-11;;/h2-3,9,11,16H,4-8H2,1H3,(H,18,19);2*1H. The molecular formula is C15H21Cl2N3OS. The van der Waals surface area contributed by atoms with Gasteiger partial charge in [0.15, 0.2) is 0 Å². The Morgan fingerprint density at radius 1 is 1.36 bits per heavy atom. The van der Waals surface area contributed by atoms with Crippen LogP contribution in [0.2, 0.25) is 0 Å². The summed E-state index contributed by atoms with van der Waals surface area (Å²) in [6, 6.07) is 5.92. The first-order valence-corrected chi connectivity index (χ1v) is 7.90. The maximum atomic E-state index is 12.1. The third-order valence-electron chi connectivity index (χ3n) is 3.71. The number of anilines is 1. The van der Waals surface area contributed by atoms with E-state index in [2.05, 4.69) is 15.6 Å². The Bertz CT molecular complexity index is 626. The molecule has 2 N–H and O–H groups in total. The van der Waals surface area contributed by atoms with E-state index < -0.39 is 0 Å². The van der Waals surface area contributed by atoms with E-state index in [9.17, 15) is 4.79 Å². The van der Waals surface area contributed by atoms with Crippen molar-refractivity contribution in [2.45, 2.75) is 26.2 Å². The number of thiazole rings is 1. The van der Waals surface area contributed by atoms with Gasteiger partial charge >= 0.3 is 0 Å². The summed E-state index contributed by atoms with van der Waals surface area (Å²) in [4.78, 5) is 16.5. The van der Waals surface area contributed by atoms with Crippen LogP contribution in [-0.4, -0.2) is 24.0 Å². The van der Waals surface area contributed by atoms with Crippen LogP contribution in [0.5, 0.6) is 0 Å². The Hall–Kier alpha value is -0.880. The molecule has 1 fully saturated rings. The first-order chi connectivity index (χ1) is 9.70. The van der Waals surface area contributed by atoms with E-state index in [0.717, 1.165) is 46.8 Å². The number of hydrogen-bond acceptors (Lipinski definition) is 4. The number of piperidine rings is 1. The van der Waals surface area contributed by atoms with E-state index in [1.807, 2.05) is 25.1 Å². The maximum absolute atomic E-state index is 12.1. The molecule has 7 heteroatoms. The second-order valence-corrected chi connectivity index (χ2v) is 6.60. The number of halogens is 2. The highest BCUT2D eigenvalue weighted by atomic mass is 35.5. The molecule has 1 saturated heterocycles. The van der Waals surface area contributed by atoms with Crippen molar-refractivity contribution in [3.63, 3.8) is 0 Å². The van der Waals surface area contributed by atoms with Crippen LogP contribution in [-0.2, 0) is 4.79 Å². The first kappa shape index (κ1) is 19.2. The molecule has 1 aliphatic rings. The Balaban J connectivity index is 0.00000121. The lowest BCUT2D eigenvalue weighted by molar-refractivity contribution is -0.117. The van der Waals surface area contributed by atoms with Crippen LogP contribution in [0.1, 0.15) is 24.3 Å². The fourth-order valence-electron chi connectivity index (χ4n) is 2.68. The van der Waals surface area contributed by atoms with E-state index in [-0.39, 0.29) is 30.7 Å². The zero-order valence-electron chi connectivity index (χ0n) is 12.4. The summed E-state index contributed by atoms with van der Waals surface area (Å²) in [5.41, 5.74) is 1.88. The van der Waals surface area contributed by atoms with Crippen LogP contribution < -0.4 is 10.6 Å². The van der Waals surface area contributed by atoms with Crippen LogP contribution in [0.15, 0.2) is 18.2 Å². The van der Waals surface area contributed by atoms with Gasteiger partial charge in [-0.25, -0.2) is 4.98 Å². The molecule has 4 nitrogen and oxygen atoms in total. The molecule has 0 aliphatic carbocycles. The van der Waals surface area contributed by atoms with E-state index >= 15 is 0 Å². The van der Waals surface area contributed by atoms with E-state index in [4.69, 9.17) is 0 Å². The number of hydrogen-bond donors (Lipinski definition) is 2. The molecule has 1 aliphatic heterocycles. The highest BCUT2D eigenvalue weighted by molar-refractivity contribution is 7.18. The second kappa shape index (κ2) is 8.67. The van der Waals surface area contributed by atoms with Crippen molar-refractivity contribution in [3.8, 4) is 0 Å². The minimum absolute atomic E-state index is 0. The fourth-order valence-corrected chi connectivity index (χ4v) is 3.54. The number of benzene rings is 1. The number of nitrogens with one attached hydrogen (secondary N) is 2. The molecule has 0 bridgehead atoms. The Morgan fingerprint density at radius 3 is 2.82 bits per heavy atom.